The molecule has 0 aliphatic carbocycles. The van der Waals surface area contributed by atoms with Gasteiger partial charge in [-0.25, -0.2) is 0 Å². The van der Waals surface area contributed by atoms with E-state index in [1.54, 1.807) is 12.1 Å². The quantitative estimate of drug-likeness (QED) is 0.552. The van der Waals surface area contributed by atoms with Crippen LogP contribution in [0.5, 0.6) is 5.75 Å². The Morgan fingerprint density at radius 1 is 0.792 bits per heavy atom. The predicted octanol–water partition coefficient (Wildman–Crippen LogP) is 5.11. The molecule has 0 saturated carbocycles. The third kappa shape index (κ3) is 2.79. The summed E-state index contributed by atoms with van der Waals surface area (Å²) in [6, 6.07) is 23.6. The molecule has 0 radical (unpaired) electrons. The van der Waals surface area contributed by atoms with E-state index in [1.807, 2.05) is 36.4 Å². The molecule has 0 aliphatic heterocycles. The van der Waals surface area contributed by atoms with Crippen LogP contribution >= 0.6 is 0 Å². The average Bonchev–Trinajstić information content (AvgIpc) is 3.04. The first-order valence-corrected chi connectivity index (χ1v) is 7.80. The molecule has 0 bridgehead atoms. The Balaban J connectivity index is 1.68. The predicted molar refractivity (Wildman–Crippen MR) is 98.6 cm³/mol. The topological polar surface area (TPSA) is 48.9 Å². The molecular weight excluding hydrogens is 296 g/mol. The van der Waals surface area contributed by atoms with Crippen molar-refractivity contribution in [1.82, 2.24) is 10.2 Å². The van der Waals surface area contributed by atoms with Crippen molar-refractivity contribution < 1.29 is 5.11 Å². The average molecular weight is 312 g/mol. The van der Waals surface area contributed by atoms with E-state index in [9.17, 15) is 5.11 Å². The van der Waals surface area contributed by atoms with Gasteiger partial charge in [0.05, 0.1) is 11.2 Å². The second kappa shape index (κ2) is 6.05. The summed E-state index contributed by atoms with van der Waals surface area (Å²) in [5.41, 5.74) is 5.21. The lowest BCUT2D eigenvalue weighted by atomic mass is 10.0. The van der Waals surface area contributed by atoms with Crippen LogP contribution in [0, 0.1) is 0 Å². The molecule has 1 heterocycles. The molecule has 0 unspecified atom stereocenters. The SMILES string of the molecule is Oc1ccc(-c2ccc3c(/C=C/c4ccccc4)n[nH]c3c2)cc1. The molecule has 0 fully saturated rings. The van der Waals surface area contributed by atoms with E-state index in [0.29, 0.717) is 0 Å². The molecule has 3 nitrogen and oxygen atoms in total. The second-order valence-corrected chi connectivity index (χ2v) is 5.66. The minimum Gasteiger partial charge on any atom is -0.508 e. The van der Waals surface area contributed by atoms with Crippen molar-refractivity contribution in [2.45, 2.75) is 0 Å². The van der Waals surface area contributed by atoms with Crippen molar-refractivity contribution in [2.75, 3.05) is 0 Å². The Hall–Kier alpha value is -3.33. The van der Waals surface area contributed by atoms with Crippen LogP contribution < -0.4 is 0 Å². The van der Waals surface area contributed by atoms with E-state index in [4.69, 9.17) is 0 Å². The fourth-order valence-electron chi connectivity index (χ4n) is 2.74. The van der Waals surface area contributed by atoms with E-state index >= 15 is 0 Å². The summed E-state index contributed by atoms with van der Waals surface area (Å²) < 4.78 is 0. The van der Waals surface area contributed by atoms with Gasteiger partial charge in [0.2, 0.25) is 0 Å². The first kappa shape index (κ1) is 14.3. The van der Waals surface area contributed by atoms with Gasteiger partial charge in [0.1, 0.15) is 5.75 Å². The van der Waals surface area contributed by atoms with Crippen LogP contribution in [-0.2, 0) is 0 Å². The Labute approximate surface area is 139 Å². The summed E-state index contributed by atoms with van der Waals surface area (Å²) in [4.78, 5) is 0. The number of rotatable bonds is 3. The van der Waals surface area contributed by atoms with Crippen LogP contribution in [0.4, 0.5) is 0 Å². The first-order chi connectivity index (χ1) is 11.8. The molecule has 2 N–H and O–H groups in total. The molecule has 0 aliphatic rings. The minimum absolute atomic E-state index is 0.273. The molecule has 4 aromatic rings. The molecule has 24 heavy (non-hydrogen) atoms. The van der Waals surface area contributed by atoms with Gasteiger partial charge >= 0.3 is 0 Å². The maximum Gasteiger partial charge on any atom is 0.115 e. The number of fused-ring (bicyclic) bond motifs is 1. The van der Waals surface area contributed by atoms with Crippen molar-refractivity contribution in [3.8, 4) is 16.9 Å². The monoisotopic (exact) mass is 312 g/mol. The third-order valence-corrected chi connectivity index (χ3v) is 4.03. The first-order valence-electron chi connectivity index (χ1n) is 7.80. The summed E-state index contributed by atoms with van der Waals surface area (Å²) in [5, 5.41) is 18.0. The van der Waals surface area contributed by atoms with Crippen molar-refractivity contribution in [3.05, 3.63) is 84.1 Å². The summed E-state index contributed by atoms with van der Waals surface area (Å²) in [6.45, 7) is 0. The molecule has 116 valence electrons. The van der Waals surface area contributed by atoms with E-state index in [1.165, 1.54) is 0 Å². The minimum atomic E-state index is 0.273. The maximum atomic E-state index is 9.41. The largest absolute Gasteiger partial charge is 0.508 e. The van der Waals surface area contributed by atoms with Gasteiger partial charge in [0, 0.05) is 5.39 Å². The zero-order valence-electron chi connectivity index (χ0n) is 13.0. The van der Waals surface area contributed by atoms with Gasteiger partial charge in [-0.05, 0) is 47.0 Å². The smallest absolute Gasteiger partial charge is 0.115 e. The Morgan fingerprint density at radius 3 is 2.33 bits per heavy atom. The highest BCUT2D eigenvalue weighted by molar-refractivity contribution is 5.92. The van der Waals surface area contributed by atoms with Crippen LogP contribution in [0.15, 0.2) is 72.8 Å². The van der Waals surface area contributed by atoms with Crippen LogP contribution in [0.25, 0.3) is 34.2 Å². The number of benzene rings is 3. The Morgan fingerprint density at radius 2 is 1.54 bits per heavy atom. The lowest BCUT2D eigenvalue weighted by molar-refractivity contribution is 0.475. The van der Waals surface area contributed by atoms with Crippen molar-refractivity contribution in [2.24, 2.45) is 0 Å². The van der Waals surface area contributed by atoms with Gasteiger partial charge in [-0.15, -0.1) is 0 Å². The van der Waals surface area contributed by atoms with Crippen LogP contribution in [0.3, 0.4) is 0 Å². The fraction of sp³-hybridized carbons (Fsp3) is 0. The number of aromatic hydroxyl groups is 1. The highest BCUT2D eigenvalue weighted by Crippen LogP contribution is 2.27. The van der Waals surface area contributed by atoms with E-state index in [2.05, 4.69) is 46.6 Å². The summed E-state index contributed by atoms with van der Waals surface area (Å²) in [6.07, 6.45) is 4.08. The number of H-pyrrole nitrogens is 1. The maximum absolute atomic E-state index is 9.41. The zero-order valence-corrected chi connectivity index (χ0v) is 13.0. The Kier molecular flexibility index (Phi) is 3.60. The van der Waals surface area contributed by atoms with Gasteiger partial charge in [0.15, 0.2) is 0 Å². The molecule has 0 atom stereocenters. The van der Waals surface area contributed by atoms with Gasteiger partial charge in [-0.3, -0.25) is 5.10 Å². The molecule has 1 aromatic heterocycles. The molecular formula is C21H16N2O. The van der Waals surface area contributed by atoms with Crippen LogP contribution in [0.2, 0.25) is 0 Å². The van der Waals surface area contributed by atoms with Gasteiger partial charge in [-0.1, -0.05) is 54.6 Å². The normalized spacial score (nSPS) is 11.3. The summed E-state index contributed by atoms with van der Waals surface area (Å²) in [5.74, 6) is 0.273. The van der Waals surface area contributed by atoms with Crippen LogP contribution in [-0.4, -0.2) is 15.3 Å². The summed E-state index contributed by atoms with van der Waals surface area (Å²) in [7, 11) is 0. The highest BCUT2D eigenvalue weighted by atomic mass is 16.3. The number of nitrogens with zero attached hydrogens (tertiary/aromatic N) is 1. The standard InChI is InChI=1S/C21H16N2O/c24-18-10-7-16(8-11-18)17-9-12-19-20(22-23-21(19)14-17)13-6-15-4-2-1-3-5-15/h1-14,24H,(H,22,23)/b13-6+. The zero-order chi connectivity index (χ0) is 16.4. The van der Waals surface area contributed by atoms with E-state index < -0.39 is 0 Å². The number of phenols is 1. The van der Waals surface area contributed by atoms with Gasteiger partial charge in [-0.2, -0.15) is 5.10 Å². The molecule has 0 saturated heterocycles. The fourth-order valence-corrected chi connectivity index (χ4v) is 2.74. The summed E-state index contributed by atoms with van der Waals surface area (Å²) >= 11 is 0. The molecule has 3 aromatic carbocycles. The third-order valence-electron chi connectivity index (χ3n) is 4.03. The van der Waals surface area contributed by atoms with E-state index in [0.717, 1.165) is 33.3 Å². The number of aromatic nitrogens is 2. The molecule has 4 rings (SSSR count). The number of nitrogens with one attached hydrogen (secondary N) is 1. The number of hydrogen-bond acceptors (Lipinski definition) is 2. The second-order valence-electron chi connectivity index (χ2n) is 5.66. The van der Waals surface area contributed by atoms with E-state index in [-0.39, 0.29) is 5.75 Å². The Bertz CT molecular complexity index is 999. The van der Waals surface area contributed by atoms with Gasteiger partial charge in [0.25, 0.3) is 0 Å². The lowest BCUT2D eigenvalue weighted by Gasteiger charge is -2.02. The lowest BCUT2D eigenvalue weighted by Crippen LogP contribution is -1.78. The van der Waals surface area contributed by atoms with Crippen LogP contribution in [0.1, 0.15) is 11.3 Å². The molecule has 0 amide bonds. The van der Waals surface area contributed by atoms with Gasteiger partial charge < -0.3 is 5.11 Å². The molecule has 3 heteroatoms. The number of phenolic OH excluding ortho intramolecular Hbond substituents is 1. The highest BCUT2D eigenvalue weighted by Gasteiger charge is 2.05. The number of aromatic amines is 1. The molecule has 0 spiro atoms. The number of hydrogen-bond donors (Lipinski definition) is 2. The van der Waals surface area contributed by atoms with Crippen molar-refractivity contribution in [3.63, 3.8) is 0 Å². The van der Waals surface area contributed by atoms with Crippen molar-refractivity contribution >= 4 is 23.1 Å². The van der Waals surface area contributed by atoms with Crippen molar-refractivity contribution in [1.29, 1.82) is 0 Å².